The van der Waals surface area contributed by atoms with Crippen molar-refractivity contribution in [1.29, 1.82) is 0 Å². The van der Waals surface area contributed by atoms with Gasteiger partial charge in [-0.25, -0.2) is 4.79 Å². The van der Waals surface area contributed by atoms with Crippen LogP contribution in [-0.4, -0.2) is 80.6 Å². The molecule has 0 aromatic rings. The first-order valence-electron chi connectivity index (χ1n) is 21.5. The van der Waals surface area contributed by atoms with Crippen LogP contribution in [0.3, 0.4) is 0 Å². The van der Waals surface area contributed by atoms with Crippen molar-refractivity contribution < 1.29 is 38.2 Å². The van der Waals surface area contributed by atoms with E-state index in [1.54, 1.807) is 0 Å². The van der Waals surface area contributed by atoms with Gasteiger partial charge in [0.25, 0.3) is 0 Å². The number of hydrogen-bond donors (Lipinski definition) is 1. The zero-order valence-electron chi connectivity index (χ0n) is 36.2. The molecule has 2 atom stereocenters. The fourth-order valence-electron chi connectivity index (χ4n) is 5.48. The van der Waals surface area contributed by atoms with E-state index in [0.29, 0.717) is 12.8 Å². The van der Waals surface area contributed by atoms with Crippen LogP contribution < -0.4 is 0 Å². The molecule has 1 N–H and O–H groups in total. The number of nitrogens with zero attached hydrogens (tertiary/aromatic N) is 1. The Bertz CT molecular complexity index is 1290. The van der Waals surface area contributed by atoms with Gasteiger partial charge in [0, 0.05) is 19.3 Å². The fourth-order valence-corrected chi connectivity index (χ4v) is 5.48. The van der Waals surface area contributed by atoms with Gasteiger partial charge in [0.05, 0.1) is 34.4 Å². The van der Waals surface area contributed by atoms with Crippen molar-refractivity contribution >= 4 is 17.9 Å². The van der Waals surface area contributed by atoms with Gasteiger partial charge in [0.15, 0.2) is 12.1 Å². The van der Waals surface area contributed by atoms with E-state index in [4.69, 9.17) is 14.2 Å². The molecule has 0 aliphatic heterocycles. The fraction of sp³-hybridized carbons (Fsp3) is 0.571. The van der Waals surface area contributed by atoms with Gasteiger partial charge in [-0.2, -0.15) is 0 Å². The number of unbranched alkanes of at least 4 members (excludes halogenated alkanes) is 7. The molecule has 2 unspecified atom stereocenters. The maximum absolute atomic E-state index is 12.7. The molecule has 0 bridgehead atoms. The van der Waals surface area contributed by atoms with Gasteiger partial charge in [-0.3, -0.25) is 9.59 Å². The number of allylic oxidation sites excluding steroid dienone is 18. The Kier molecular flexibility index (Phi) is 36.1. The molecule has 0 saturated carbocycles. The highest BCUT2D eigenvalue weighted by Crippen LogP contribution is 2.12. The van der Waals surface area contributed by atoms with Crippen LogP contribution in [-0.2, 0) is 28.6 Å². The molecule has 8 nitrogen and oxygen atoms in total. The molecule has 320 valence electrons. The Morgan fingerprint density at radius 2 is 1.02 bits per heavy atom. The van der Waals surface area contributed by atoms with Crippen LogP contribution in [0, 0.1) is 0 Å². The van der Waals surface area contributed by atoms with Gasteiger partial charge in [-0.1, -0.05) is 142 Å². The van der Waals surface area contributed by atoms with E-state index in [2.05, 4.69) is 86.8 Å². The summed E-state index contributed by atoms with van der Waals surface area (Å²) in [5, 5.41) is 9.61. The lowest BCUT2D eigenvalue weighted by molar-refractivity contribution is -0.887. The van der Waals surface area contributed by atoms with Gasteiger partial charge in [-0.15, -0.1) is 0 Å². The highest BCUT2D eigenvalue weighted by molar-refractivity contribution is 5.72. The van der Waals surface area contributed by atoms with Crippen LogP contribution in [0.15, 0.2) is 109 Å². The van der Waals surface area contributed by atoms with Gasteiger partial charge < -0.3 is 23.8 Å². The van der Waals surface area contributed by atoms with Gasteiger partial charge in [0.2, 0.25) is 0 Å². The summed E-state index contributed by atoms with van der Waals surface area (Å²) < 4.78 is 17.2. The van der Waals surface area contributed by atoms with E-state index >= 15 is 0 Å². The zero-order chi connectivity index (χ0) is 42.1. The molecule has 0 aliphatic rings. The van der Waals surface area contributed by atoms with Crippen molar-refractivity contribution in [3.63, 3.8) is 0 Å². The van der Waals surface area contributed by atoms with Gasteiger partial charge in [-0.05, 0) is 77.0 Å². The number of ether oxygens (including phenoxy) is 3. The van der Waals surface area contributed by atoms with E-state index in [0.717, 1.165) is 96.3 Å². The summed E-state index contributed by atoms with van der Waals surface area (Å²) in [6.45, 7) is 4.38. The third kappa shape index (κ3) is 37.3. The number of carbonyl (C=O) groups is 3. The average Bonchev–Trinajstić information content (AvgIpc) is 3.17. The lowest BCUT2D eigenvalue weighted by atomic mass is 10.1. The second-order valence-electron chi connectivity index (χ2n) is 14.9. The van der Waals surface area contributed by atoms with Crippen molar-refractivity contribution in [3.05, 3.63) is 109 Å². The predicted octanol–water partition coefficient (Wildman–Crippen LogP) is 11.7. The second-order valence-corrected chi connectivity index (χ2v) is 14.9. The Balaban J connectivity index is 4.48. The van der Waals surface area contributed by atoms with Crippen LogP contribution >= 0.6 is 0 Å². The first-order chi connectivity index (χ1) is 27.6. The molecule has 0 aromatic heterocycles. The summed E-state index contributed by atoms with van der Waals surface area (Å²) in [6.07, 6.45) is 52.8. The third-order valence-electron chi connectivity index (χ3n) is 8.76. The van der Waals surface area contributed by atoms with Gasteiger partial charge in [0.1, 0.15) is 6.61 Å². The molecule has 0 amide bonds. The number of carboxylic acids is 1. The second kappa shape index (κ2) is 38.8. The number of hydrogen-bond acceptors (Lipinski definition) is 6. The molecule has 0 spiro atoms. The van der Waals surface area contributed by atoms with Crippen molar-refractivity contribution in [2.75, 3.05) is 41.0 Å². The summed E-state index contributed by atoms with van der Waals surface area (Å²) in [5.74, 6) is -1.57. The average molecular weight is 793 g/mol. The molecule has 8 heteroatoms. The van der Waals surface area contributed by atoms with Crippen LogP contribution in [0.1, 0.15) is 129 Å². The van der Waals surface area contributed by atoms with Crippen LogP contribution in [0.5, 0.6) is 0 Å². The predicted molar refractivity (Wildman–Crippen MR) is 238 cm³/mol. The lowest BCUT2D eigenvalue weighted by Crippen LogP contribution is -2.50. The Morgan fingerprint density at radius 1 is 0.544 bits per heavy atom. The summed E-state index contributed by atoms with van der Waals surface area (Å²) in [7, 11) is 5.49. The van der Waals surface area contributed by atoms with Crippen LogP contribution in [0.2, 0.25) is 0 Å². The smallest absolute Gasteiger partial charge is 0.362 e. The SMILES string of the molecule is CC/C=C/C=C/C=C/C=C/CCCCCC(=O)OCC(COCCC(C(=O)O)[N+](C)(C)C)OC(=O)CCCCCC/C=C/C/C=C/C/C=C/C/C=C/C/C=C/CC. The van der Waals surface area contributed by atoms with E-state index in [1.807, 2.05) is 57.6 Å². The number of carboxylic acid groups (broad SMARTS) is 1. The molecular formula is C49H78NO7+. The molecule has 0 rings (SSSR count). The Labute approximate surface area is 347 Å². The topological polar surface area (TPSA) is 99.1 Å². The van der Waals surface area contributed by atoms with E-state index in [-0.39, 0.29) is 42.7 Å². The van der Waals surface area contributed by atoms with Crippen molar-refractivity contribution in [2.24, 2.45) is 0 Å². The summed E-state index contributed by atoms with van der Waals surface area (Å²) >= 11 is 0. The molecule has 0 saturated heterocycles. The molecule has 0 radical (unpaired) electrons. The first-order valence-corrected chi connectivity index (χ1v) is 21.5. The number of rotatable bonds is 36. The minimum absolute atomic E-state index is 0.0295. The maximum Gasteiger partial charge on any atom is 0.362 e. The third-order valence-corrected chi connectivity index (χ3v) is 8.76. The number of esters is 2. The normalized spacial score (nSPS) is 14.1. The highest BCUT2D eigenvalue weighted by atomic mass is 16.6. The number of likely N-dealkylation sites (N-methyl/N-ethyl adjacent to an activating group) is 1. The van der Waals surface area contributed by atoms with E-state index < -0.39 is 18.1 Å². The number of aliphatic carboxylic acids is 1. The quantitative estimate of drug-likeness (QED) is 0.0222. The summed E-state index contributed by atoms with van der Waals surface area (Å²) in [6, 6.07) is -0.633. The minimum Gasteiger partial charge on any atom is -0.477 e. The summed E-state index contributed by atoms with van der Waals surface area (Å²) in [5.41, 5.74) is 0. The molecule has 0 heterocycles. The molecule has 0 fully saturated rings. The van der Waals surface area contributed by atoms with Gasteiger partial charge >= 0.3 is 17.9 Å². The molecule has 57 heavy (non-hydrogen) atoms. The highest BCUT2D eigenvalue weighted by Gasteiger charge is 2.31. The van der Waals surface area contributed by atoms with Crippen LogP contribution in [0.4, 0.5) is 0 Å². The first kappa shape index (κ1) is 53.0. The molecular weight excluding hydrogens is 715 g/mol. The molecule has 0 aromatic carbocycles. The van der Waals surface area contributed by atoms with Crippen molar-refractivity contribution in [2.45, 2.75) is 142 Å². The monoisotopic (exact) mass is 793 g/mol. The van der Waals surface area contributed by atoms with Crippen molar-refractivity contribution in [3.8, 4) is 0 Å². The lowest BCUT2D eigenvalue weighted by Gasteiger charge is -2.31. The Morgan fingerprint density at radius 3 is 1.58 bits per heavy atom. The zero-order valence-corrected chi connectivity index (χ0v) is 36.2. The van der Waals surface area contributed by atoms with Crippen molar-refractivity contribution in [1.82, 2.24) is 0 Å². The van der Waals surface area contributed by atoms with Crippen LogP contribution in [0.25, 0.3) is 0 Å². The van der Waals surface area contributed by atoms with E-state index in [9.17, 15) is 19.5 Å². The van der Waals surface area contributed by atoms with E-state index in [1.165, 1.54) is 0 Å². The minimum atomic E-state index is -0.891. The molecule has 0 aliphatic carbocycles. The largest absolute Gasteiger partial charge is 0.477 e. The number of carbonyl (C=O) groups excluding carboxylic acids is 2. The maximum atomic E-state index is 12.7. The standard InChI is InChI=1S/C49H77NO7/c1-6-8-10-12-14-16-18-20-21-22-23-24-25-26-28-30-32-34-36-38-40-48(52)57-45(43-55-42-41-46(49(53)54)50(3,4)5)44-56-47(51)39-37-35-33-31-29-27-19-17-15-13-11-9-7-2/h8-11,13-17,19-21,23-24,26-29,45-46H,6-7,12,18,22,25,30-44H2,1-5H3/p+1/b10-8+,11-9+,15-13+,16-14+,19-17+,21-20+,24-23+,28-26+,29-27+. The number of quaternary nitrogens is 1. The Hall–Kier alpha value is -4.01. The summed E-state index contributed by atoms with van der Waals surface area (Å²) in [4.78, 5) is 36.9.